The Labute approximate surface area is 84.2 Å². The lowest BCUT2D eigenvalue weighted by molar-refractivity contribution is 0.687. The molecule has 0 radical (unpaired) electrons. The van der Waals surface area contributed by atoms with Crippen LogP contribution in [0.4, 0.5) is 5.82 Å². The van der Waals surface area contributed by atoms with Gasteiger partial charge in [-0.15, -0.1) is 0 Å². The first-order valence-electron chi connectivity index (χ1n) is 3.70. The van der Waals surface area contributed by atoms with E-state index >= 15 is 0 Å². The maximum absolute atomic E-state index is 10.7. The number of hydrogen-bond acceptors (Lipinski definition) is 4. The quantitative estimate of drug-likeness (QED) is 0.819. The van der Waals surface area contributed by atoms with Gasteiger partial charge in [0.15, 0.2) is 0 Å². The molecule has 0 saturated carbocycles. The predicted octanol–water partition coefficient (Wildman–Crippen LogP) is 0.920. The molecule has 1 N–H and O–H groups in total. The van der Waals surface area contributed by atoms with Gasteiger partial charge in [-0.1, -0.05) is 11.6 Å². The zero-order valence-electron chi connectivity index (χ0n) is 7.16. The molecule has 1 rings (SSSR count). The van der Waals surface area contributed by atoms with Crippen LogP contribution in [-0.2, 0) is 10.8 Å². The van der Waals surface area contributed by atoms with Crippen LogP contribution in [0.1, 0.15) is 0 Å². The van der Waals surface area contributed by atoms with Crippen molar-refractivity contribution in [1.82, 2.24) is 9.97 Å². The third-order valence-corrected chi connectivity index (χ3v) is 2.26. The highest BCUT2D eigenvalue weighted by molar-refractivity contribution is 7.84. The average Bonchev–Trinajstić information content (AvgIpc) is 2.03. The molecule has 0 saturated heterocycles. The summed E-state index contributed by atoms with van der Waals surface area (Å²) in [5.74, 6) is 1.20. The minimum absolute atomic E-state index is 0.350. The molecule has 1 atom stereocenters. The van der Waals surface area contributed by atoms with Gasteiger partial charge in [-0.2, -0.15) is 0 Å². The van der Waals surface area contributed by atoms with Gasteiger partial charge < -0.3 is 5.32 Å². The maximum atomic E-state index is 10.7. The fourth-order valence-corrected chi connectivity index (χ4v) is 1.29. The average molecular weight is 220 g/mol. The fourth-order valence-electron chi connectivity index (χ4n) is 0.750. The number of nitrogens with zero attached hydrogens (tertiary/aromatic N) is 2. The van der Waals surface area contributed by atoms with E-state index in [-0.39, 0.29) is 0 Å². The van der Waals surface area contributed by atoms with E-state index in [1.807, 2.05) is 0 Å². The topological polar surface area (TPSA) is 54.9 Å². The summed E-state index contributed by atoms with van der Waals surface area (Å²) in [6, 6.07) is 0. The molecule has 0 aliphatic heterocycles. The highest BCUT2D eigenvalue weighted by Crippen LogP contribution is 2.05. The Morgan fingerprint density at radius 1 is 1.62 bits per heavy atom. The van der Waals surface area contributed by atoms with Crippen LogP contribution in [0, 0.1) is 0 Å². The number of anilines is 1. The van der Waals surface area contributed by atoms with Crippen molar-refractivity contribution in [3.8, 4) is 0 Å². The highest BCUT2D eigenvalue weighted by Gasteiger charge is 1.96. The normalized spacial score (nSPS) is 12.5. The molecule has 0 fully saturated rings. The number of halogens is 1. The molecule has 1 heterocycles. The lowest BCUT2D eigenvalue weighted by atomic mass is 10.6. The van der Waals surface area contributed by atoms with Crippen LogP contribution in [0.2, 0.25) is 5.15 Å². The molecular formula is C7H10ClN3OS. The summed E-state index contributed by atoms with van der Waals surface area (Å²) in [7, 11) is -0.788. The van der Waals surface area contributed by atoms with Crippen molar-refractivity contribution in [2.45, 2.75) is 0 Å². The van der Waals surface area contributed by atoms with Crippen molar-refractivity contribution >= 4 is 28.2 Å². The Hall–Kier alpha value is -0.680. The Balaban J connectivity index is 2.41. The van der Waals surface area contributed by atoms with E-state index in [0.29, 0.717) is 23.3 Å². The third-order valence-electron chi connectivity index (χ3n) is 1.30. The molecule has 0 aliphatic rings. The lowest BCUT2D eigenvalue weighted by Crippen LogP contribution is -2.10. The number of hydrogen-bond donors (Lipinski definition) is 1. The minimum Gasteiger partial charge on any atom is -0.368 e. The van der Waals surface area contributed by atoms with Gasteiger partial charge >= 0.3 is 0 Å². The first-order chi connectivity index (χ1) is 6.18. The van der Waals surface area contributed by atoms with E-state index in [1.165, 1.54) is 6.20 Å². The molecule has 72 valence electrons. The van der Waals surface area contributed by atoms with Crippen molar-refractivity contribution in [2.75, 3.05) is 23.9 Å². The Kier molecular flexibility index (Phi) is 4.11. The first-order valence-corrected chi connectivity index (χ1v) is 5.80. The van der Waals surface area contributed by atoms with Gasteiger partial charge in [-0.3, -0.25) is 9.19 Å². The second-order valence-electron chi connectivity index (χ2n) is 2.43. The van der Waals surface area contributed by atoms with Gasteiger partial charge in [0, 0.05) is 29.4 Å². The van der Waals surface area contributed by atoms with E-state index in [2.05, 4.69) is 15.3 Å². The lowest BCUT2D eigenvalue weighted by Gasteiger charge is -2.02. The summed E-state index contributed by atoms with van der Waals surface area (Å²) < 4.78 is 10.7. The smallest absolute Gasteiger partial charge is 0.149 e. The highest BCUT2D eigenvalue weighted by atomic mass is 35.5. The Morgan fingerprint density at radius 3 is 3.00 bits per heavy atom. The Bertz CT molecular complexity index is 308. The van der Waals surface area contributed by atoms with E-state index in [0.717, 1.165) is 0 Å². The summed E-state index contributed by atoms with van der Waals surface area (Å²) in [6.45, 7) is 0.609. The maximum Gasteiger partial charge on any atom is 0.149 e. The second-order valence-corrected chi connectivity index (χ2v) is 4.37. The first kappa shape index (κ1) is 10.4. The molecule has 0 spiro atoms. The van der Waals surface area contributed by atoms with Crippen molar-refractivity contribution < 1.29 is 4.21 Å². The van der Waals surface area contributed by atoms with E-state index in [4.69, 9.17) is 11.6 Å². The summed E-state index contributed by atoms with van der Waals surface area (Å²) >= 11 is 5.61. The monoisotopic (exact) mass is 219 g/mol. The molecule has 0 amide bonds. The van der Waals surface area contributed by atoms with Crippen molar-refractivity contribution in [1.29, 1.82) is 0 Å². The van der Waals surface area contributed by atoms with Crippen molar-refractivity contribution in [3.05, 3.63) is 17.5 Å². The van der Waals surface area contributed by atoms with Gasteiger partial charge in [-0.25, -0.2) is 4.98 Å². The van der Waals surface area contributed by atoms with E-state index in [1.54, 1.807) is 12.5 Å². The molecule has 6 heteroatoms. The van der Waals surface area contributed by atoms with Crippen LogP contribution < -0.4 is 5.32 Å². The molecular weight excluding hydrogens is 210 g/mol. The van der Waals surface area contributed by atoms with Crippen LogP contribution in [0.3, 0.4) is 0 Å². The van der Waals surface area contributed by atoms with Crippen LogP contribution in [0.15, 0.2) is 12.4 Å². The van der Waals surface area contributed by atoms with Gasteiger partial charge in [0.2, 0.25) is 0 Å². The predicted molar refractivity (Wildman–Crippen MR) is 54.5 cm³/mol. The van der Waals surface area contributed by atoms with E-state index < -0.39 is 10.8 Å². The fraction of sp³-hybridized carbons (Fsp3) is 0.429. The van der Waals surface area contributed by atoms with Gasteiger partial charge in [-0.05, 0) is 0 Å². The molecule has 1 unspecified atom stereocenters. The minimum atomic E-state index is -0.788. The molecule has 0 aromatic carbocycles. The molecule has 0 bridgehead atoms. The number of rotatable bonds is 4. The molecule has 13 heavy (non-hydrogen) atoms. The van der Waals surface area contributed by atoms with Crippen LogP contribution in [0.5, 0.6) is 0 Å². The molecule has 4 nitrogen and oxygen atoms in total. The summed E-state index contributed by atoms with van der Waals surface area (Å²) in [5.41, 5.74) is 0. The molecule has 1 aromatic heterocycles. The second kappa shape index (κ2) is 5.14. The summed E-state index contributed by atoms with van der Waals surface area (Å²) in [5, 5.41) is 3.32. The van der Waals surface area contributed by atoms with Gasteiger partial charge in [0.05, 0.1) is 12.4 Å². The number of aromatic nitrogens is 2. The van der Waals surface area contributed by atoms with Crippen molar-refractivity contribution in [2.24, 2.45) is 0 Å². The van der Waals surface area contributed by atoms with Crippen LogP contribution >= 0.6 is 11.6 Å². The van der Waals surface area contributed by atoms with Gasteiger partial charge in [0.25, 0.3) is 0 Å². The zero-order chi connectivity index (χ0) is 9.68. The van der Waals surface area contributed by atoms with E-state index in [9.17, 15) is 4.21 Å². The standard InChI is InChI=1S/C7H10ClN3OS/c1-13(12)3-2-10-7-5-9-4-6(8)11-7/h4-5H,2-3H2,1H3,(H,10,11). The van der Waals surface area contributed by atoms with Crippen LogP contribution in [-0.4, -0.2) is 32.7 Å². The summed E-state index contributed by atoms with van der Waals surface area (Å²) in [4.78, 5) is 7.81. The largest absolute Gasteiger partial charge is 0.368 e. The zero-order valence-corrected chi connectivity index (χ0v) is 8.73. The molecule has 1 aromatic rings. The van der Waals surface area contributed by atoms with Gasteiger partial charge in [0.1, 0.15) is 11.0 Å². The number of nitrogens with one attached hydrogen (secondary N) is 1. The third kappa shape index (κ3) is 4.19. The SMILES string of the molecule is CS(=O)CCNc1cncc(Cl)n1. The van der Waals surface area contributed by atoms with Crippen LogP contribution in [0.25, 0.3) is 0 Å². The Morgan fingerprint density at radius 2 is 2.38 bits per heavy atom. The van der Waals surface area contributed by atoms with Crippen molar-refractivity contribution in [3.63, 3.8) is 0 Å². The molecule has 0 aliphatic carbocycles. The summed E-state index contributed by atoms with van der Waals surface area (Å²) in [6.07, 6.45) is 4.69.